The number of hydrogen-bond acceptors (Lipinski definition) is 4. The molecule has 0 bridgehead atoms. The minimum Gasteiger partial charge on any atom is -0.360 e. The van der Waals surface area contributed by atoms with Gasteiger partial charge in [-0.3, -0.25) is 9.59 Å². The highest BCUT2D eigenvalue weighted by Crippen LogP contribution is 2.18. The number of halogens is 2. The maximum Gasteiger partial charge on any atom is 0.255 e. The minimum atomic E-state index is -0.715. The van der Waals surface area contributed by atoms with Crippen molar-refractivity contribution in [2.75, 3.05) is 11.9 Å². The van der Waals surface area contributed by atoms with Gasteiger partial charge < -0.3 is 15.2 Å². The number of amides is 2. The average molecular weight is 326 g/mol. The molecule has 0 aliphatic rings. The van der Waals surface area contributed by atoms with Crippen molar-refractivity contribution < 1.29 is 18.5 Å². The number of anilines is 1. The van der Waals surface area contributed by atoms with Gasteiger partial charge in [-0.1, -0.05) is 22.8 Å². The number of aryl methyl sites for hydroxylation is 1. The first-order chi connectivity index (χ1) is 10.5. The monoisotopic (exact) mass is 325 g/mol. The molecule has 116 valence electrons. The number of aromatic nitrogens is 1. The second kappa shape index (κ2) is 7.04. The summed E-state index contributed by atoms with van der Waals surface area (Å²) in [5, 5.41) is 8.56. The molecule has 1 heterocycles. The number of nitrogens with one attached hydrogen (secondary N) is 2. The Morgan fingerprint density at radius 1 is 1.41 bits per heavy atom. The van der Waals surface area contributed by atoms with E-state index in [0.29, 0.717) is 11.6 Å². The van der Waals surface area contributed by atoms with Crippen LogP contribution in [0.4, 0.5) is 10.2 Å². The highest BCUT2D eigenvalue weighted by Gasteiger charge is 2.15. The topological polar surface area (TPSA) is 84.2 Å². The number of hydrogen-bond donors (Lipinski definition) is 2. The molecule has 2 N–H and O–H groups in total. The molecule has 0 saturated heterocycles. The summed E-state index contributed by atoms with van der Waals surface area (Å²) in [6.45, 7) is 1.73. The van der Waals surface area contributed by atoms with Crippen molar-refractivity contribution >= 4 is 29.2 Å². The zero-order valence-corrected chi connectivity index (χ0v) is 12.4. The van der Waals surface area contributed by atoms with Gasteiger partial charge in [0.25, 0.3) is 5.91 Å². The van der Waals surface area contributed by atoms with Gasteiger partial charge in [0.1, 0.15) is 11.6 Å². The molecule has 0 aliphatic carbocycles. The van der Waals surface area contributed by atoms with Gasteiger partial charge in [0.15, 0.2) is 5.82 Å². The third-order valence-electron chi connectivity index (χ3n) is 2.72. The third kappa shape index (κ3) is 4.05. The van der Waals surface area contributed by atoms with Crippen LogP contribution in [0.25, 0.3) is 0 Å². The van der Waals surface area contributed by atoms with E-state index < -0.39 is 11.7 Å². The van der Waals surface area contributed by atoms with E-state index in [-0.39, 0.29) is 29.5 Å². The maximum atomic E-state index is 13.5. The fraction of sp³-hybridized carbons (Fsp3) is 0.214. The van der Waals surface area contributed by atoms with Gasteiger partial charge in [0, 0.05) is 19.0 Å². The van der Waals surface area contributed by atoms with Gasteiger partial charge >= 0.3 is 0 Å². The quantitative estimate of drug-likeness (QED) is 0.884. The van der Waals surface area contributed by atoms with E-state index in [1.165, 1.54) is 12.1 Å². The molecule has 0 radical (unpaired) electrons. The van der Waals surface area contributed by atoms with Crippen LogP contribution in [-0.2, 0) is 4.79 Å². The molecule has 6 nitrogen and oxygen atoms in total. The van der Waals surface area contributed by atoms with Gasteiger partial charge in [0.05, 0.1) is 10.6 Å². The van der Waals surface area contributed by atoms with Crippen LogP contribution in [0.5, 0.6) is 0 Å². The van der Waals surface area contributed by atoms with Crippen LogP contribution in [0.1, 0.15) is 22.5 Å². The molecular formula is C14H13ClFN3O3. The van der Waals surface area contributed by atoms with Gasteiger partial charge in [-0.15, -0.1) is 0 Å². The maximum absolute atomic E-state index is 13.5. The summed E-state index contributed by atoms with van der Waals surface area (Å²) in [6, 6.07) is 5.52. The van der Waals surface area contributed by atoms with Crippen LogP contribution < -0.4 is 10.6 Å². The zero-order valence-electron chi connectivity index (χ0n) is 11.7. The van der Waals surface area contributed by atoms with E-state index in [1.54, 1.807) is 13.0 Å². The number of nitrogens with zero attached hydrogens (tertiary/aromatic N) is 1. The summed E-state index contributed by atoms with van der Waals surface area (Å²) in [5.74, 6) is -0.877. The lowest BCUT2D eigenvalue weighted by Crippen LogP contribution is -2.28. The molecule has 1 aromatic heterocycles. The van der Waals surface area contributed by atoms with E-state index in [2.05, 4.69) is 15.8 Å². The second-order valence-corrected chi connectivity index (χ2v) is 4.88. The third-order valence-corrected chi connectivity index (χ3v) is 3.04. The Morgan fingerprint density at radius 3 is 2.82 bits per heavy atom. The molecule has 0 unspecified atom stereocenters. The van der Waals surface area contributed by atoms with Crippen molar-refractivity contribution in [3.63, 3.8) is 0 Å². The van der Waals surface area contributed by atoms with Gasteiger partial charge in [-0.2, -0.15) is 0 Å². The molecule has 22 heavy (non-hydrogen) atoms. The van der Waals surface area contributed by atoms with Gasteiger partial charge in [0.2, 0.25) is 5.91 Å². The zero-order chi connectivity index (χ0) is 16.1. The lowest BCUT2D eigenvalue weighted by atomic mass is 10.2. The van der Waals surface area contributed by atoms with Crippen molar-refractivity contribution in [3.8, 4) is 0 Å². The highest BCUT2D eigenvalue weighted by atomic mass is 35.5. The van der Waals surface area contributed by atoms with Gasteiger partial charge in [-0.25, -0.2) is 4.39 Å². The van der Waals surface area contributed by atoms with Crippen LogP contribution in [0.2, 0.25) is 5.02 Å². The average Bonchev–Trinajstić information content (AvgIpc) is 2.83. The summed E-state index contributed by atoms with van der Waals surface area (Å²) in [4.78, 5) is 23.5. The molecule has 0 spiro atoms. The smallest absolute Gasteiger partial charge is 0.255 e. The van der Waals surface area contributed by atoms with E-state index in [1.807, 2.05) is 0 Å². The van der Waals surface area contributed by atoms with Crippen molar-refractivity contribution in [3.05, 3.63) is 46.4 Å². The summed E-state index contributed by atoms with van der Waals surface area (Å²) >= 11 is 5.78. The Hall–Kier alpha value is -2.41. The fourth-order valence-corrected chi connectivity index (χ4v) is 1.97. The minimum absolute atomic E-state index is 0.00369. The molecule has 0 saturated carbocycles. The molecule has 0 atom stereocenters. The Labute approximate surface area is 130 Å². The van der Waals surface area contributed by atoms with Crippen LogP contribution in [0, 0.1) is 12.7 Å². The first kappa shape index (κ1) is 16.0. The van der Waals surface area contributed by atoms with Crippen molar-refractivity contribution in [2.45, 2.75) is 13.3 Å². The molecule has 1 aromatic carbocycles. The van der Waals surface area contributed by atoms with Crippen LogP contribution in [-0.4, -0.2) is 23.5 Å². The molecule has 2 rings (SSSR count). The standard InChI is InChI=1S/C14H13ClFN3O3/c1-8-7-11(19-22-8)18-12(20)5-6-17-14(21)13-9(15)3-2-4-10(13)16/h2-4,7H,5-6H2,1H3,(H,17,21)(H,18,19,20). The number of rotatable bonds is 5. The Kier molecular flexibility index (Phi) is 5.11. The number of carbonyl (C=O) groups is 2. The van der Waals surface area contributed by atoms with Crippen LogP contribution >= 0.6 is 11.6 Å². The lowest BCUT2D eigenvalue weighted by Gasteiger charge is -2.07. The van der Waals surface area contributed by atoms with E-state index in [0.717, 1.165) is 6.07 Å². The predicted molar refractivity (Wildman–Crippen MR) is 78.2 cm³/mol. The molecule has 0 aliphatic heterocycles. The Bertz CT molecular complexity index is 682. The predicted octanol–water partition coefficient (Wildman–Crippen LogP) is 2.53. The van der Waals surface area contributed by atoms with Crippen molar-refractivity contribution in [2.24, 2.45) is 0 Å². The highest BCUT2D eigenvalue weighted by molar-refractivity contribution is 6.33. The second-order valence-electron chi connectivity index (χ2n) is 4.47. The van der Waals surface area contributed by atoms with Crippen molar-refractivity contribution in [1.29, 1.82) is 0 Å². The molecule has 2 aromatic rings. The van der Waals surface area contributed by atoms with Crippen LogP contribution in [0.3, 0.4) is 0 Å². The van der Waals surface area contributed by atoms with Crippen LogP contribution in [0.15, 0.2) is 28.8 Å². The lowest BCUT2D eigenvalue weighted by molar-refractivity contribution is -0.116. The molecule has 8 heteroatoms. The SMILES string of the molecule is Cc1cc(NC(=O)CCNC(=O)c2c(F)cccc2Cl)no1. The normalized spacial score (nSPS) is 10.3. The van der Waals surface area contributed by atoms with Gasteiger partial charge in [-0.05, 0) is 19.1 Å². The van der Waals surface area contributed by atoms with E-state index in [4.69, 9.17) is 16.1 Å². The number of benzene rings is 1. The first-order valence-corrected chi connectivity index (χ1v) is 6.80. The summed E-state index contributed by atoms with van der Waals surface area (Å²) in [7, 11) is 0. The molecule has 0 fully saturated rings. The fourth-order valence-electron chi connectivity index (χ4n) is 1.72. The summed E-state index contributed by atoms with van der Waals surface area (Å²) < 4.78 is 18.3. The van der Waals surface area contributed by atoms with Crippen molar-refractivity contribution in [1.82, 2.24) is 10.5 Å². The Balaban J connectivity index is 1.83. The molecular weight excluding hydrogens is 313 g/mol. The summed E-state index contributed by atoms with van der Waals surface area (Å²) in [6.07, 6.45) is 0.00369. The van der Waals surface area contributed by atoms with E-state index in [9.17, 15) is 14.0 Å². The molecule has 2 amide bonds. The first-order valence-electron chi connectivity index (χ1n) is 6.42. The summed E-state index contributed by atoms with van der Waals surface area (Å²) in [5.41, 5.74) is -0.239. The number of carbonyl (C=O) groups excluding carboxylic acids is 2. The Morgan fingerprint density at radius 2 is 2.18 bits per heavy atom. The van der Waals surface area contributed by atoms with E-state index >= 15 is 0 Å². The largest absolute Gasteiger partial charge is 0.360 e.